The van der Waals surface area contributed by atoms with Crippen molar-refractivity contribution in [2.24, 2.45) is 4.99 Å². The summed E-state index contributed by atoms with van der Waals surface area (Å²) in [6.07, 6.45) is 4.80. The van der Waals surface area contributed by atoms with Crippen LogP contribution in [0.2, 0.25) is 0 Å². The normalized spacial score (nSPS) is 11.3. The molecule has 0 bridgehead atoms. The average molecular weight is 470 g/mol. The molecule has 144 valence electrons. The molecule has 0 aliphatic heterocycles. The first-order valence-electron chi connectivity index (χ1n) is 8.89. The van der Waals surface area contributed by atoms with Gasteiger partial charge in [-0.15, -0.1) is 24.0 Å². The van der Waals surface area contributed by atoms with Crippen LogP contribution in [-0.4, -0.2) is 47.8 Å². The third-order valence-corrected chi connectivity index (χ3v) is 3.70. The molecule has 2 aromatic rings. The van der Waals surface area contributed by atoms with Crippen LogP contribution in [0.3, 0.4) is 0 Å². The summed E-state index contributed by atoms with van der Waals surface area (Å²) >= 11 is 0. The molecule has 2 rings (SSSR count). The first-order valence-corrected chi connectivity index (χ1v) is 8.89. The number of aliphatic imine (C=N–C) groups is 1. The Morgan fingerprint density at radius 1 is 1.15 bits per heavy atom. The predicted octanol–water partition coefficient (Wildman–Crippen LogP) is 2.71. The van der Waals surface area contributed by atoms with Gasteiger partial charge in [0.25, 0.3) is 0 Å². The summed E-state index contributed by atoms with van der Waals surface area (Å²) in [6, 6.07) is 10.6. The van der Waals surface area contributed by atoms with Crippen LogP contribution in [0.15, 0.2) is 47.7 Å². The lowest BCUT2D eigenvalue weighted by molar-refractivity contribution is 0.402. The molecule has 26 heavy (non-hydrogen) atoms. The molecule has 6 nitrogen and oxygen atoms in total. The van der Waals surface area contributed by atoms with Crippen LogP contribution in [0.4, 0.5) is 0 Å². The van der Waals surface area contributed by atoms with E-state index in [9.17, 15) is 0 Å². The number of hydrogen-bond acceptors (Lipinski definition) is 3. The van der Waals surface area contributed by atoms with Crippen molar-refractivity contribution in [1.82, 2.24) is 25.3 Å². The molecule has 0 saturated carbocycles. The molecule has 0 aliphatic rings. The maximum Gasteiger partial charge on any atom is 0.191 e. The zero-order valence-corrected chi connectivity index (χ0v) is 18.3. The van der Waals surface area contributed by atoms with Crippen LogP contribution >= 0.6 is 24.0 Å². The van der Waals surface area contributed by atoms with Gasteiger partial charge in [-0.05, 0) is 44.6 Å². The fourth-order valence-electron chi connectivity index (χ4n) is 2.51. The minimum atomic E-state index is 0. The van der Waals surface area contributed by atoms with E-state index in [1.54, 1.807) is 0 Å². The fourth-order valence-corrected chi connectivity index (χ4v) is 2.51. The lowest BCUT2D eigenvalue weighted by Gasteiger charge is -2.12. The molecule has 0 aliphatic carbocycles. The van der Waals surface area contributed by atoms with Crippen LogP contribution in [0.1, 0.15) is 24.5 Å². The highest BCUT2D eigenvalue weighted by Gasteiger charge is 1.99. The van der Waals surface area contributed by atoms with Crippen molar-refractivity contribution < 1.29 is 0 Å². The Morgan fingerprint density at radius 2 is 1.88 bits per heavy atom. The van der Waals surface area contributed by atoms with Gasteiger partial charge < -0.3 is 15.5 Å². The van der Waals surface area contributed by atoms with E-state index in [0.717, 1.165) is 38.6 Å². The summed E-state index contributed by atoms with van der Waals surface area (Å²) < 4.78 is 1.95. The van der Waals surface area contributed by atoms with Crippen LogP contribution in [0.5, 0.6) is 0 Å². The quantitative estimate of drug-likeness (QED) is 0.256. The number of halogens is 1. The second kappa shape index (κ2) is 12.7. The molecule has 1 aromatic heterocycles. The second-order valence-corrected chi connectivity index (χ2v) is 6.30. The Kier molecular flexibility index (Phi) is 11.0. The lowest BCUT2D eigenvalue weighted by Crippen LogP contribution is -2.38. The fraction of sp³-hybridized carbons (Fsp3) is 0.474. The van der Waals surface area contributed by atoms with Gasteiger partial charge in [-0.3, -0.25) is 4.68 Å². The van der Waals surface area contributed by atoms with Gasteiger partial charge in [-0.2, -0.15) is 5.10 Å². The second-order valence-electron chi connectivity index (χ2n) is 6.30. The smallest absolute Gasteiger partial charge is 0.191 e. The van der Waals surface area contributed by atoms with Crippen molar-refractivity contribution in [3.63, 3.8) is 0 Å². The number of guanidine groups is 1. The number of rotatable bonds is 9. The molecule has 2 N–H and O–H groups in total. The van der Waals surface area contributed by atoms with Crippen LogP contribution < -0.4 is 10.6 Å². The highest BCUT2D eigenvalue weighted by atomic mass is 127. The van der Waals surface area contributed by atoms with E-state index in [1.807, 2.05) is 23.1 Å². The van der Waals surface area contributed by atoms with Crippen molar-refractivity contribution in [1.29, 1.82) is 0 Å². The summed E-state index contributed by atoms with van der Waals surface area (Å²) in [7, 11) is 4.16. The van der Waals surface area contributed by atoms with E-state index in [4.69, 9.17) is 0 Å². The standard InChI is InChI=1S/C19H30N6.HI/c1-4-20-19(21-11-5-13-25-14-6-12-23-25)22-15-17-7-9-18(10-8-17)16-24(2)3;/h6-10,12,14H,4-5,11,13,15-16H2,1-3H3,(H2,20,21,22);1H. The zero-order chi connectivity index (χ0) is 17.9. The largest absolute Gasteiger partial charge is 0.357 e. The van der Waals surface area contributed by atoms with Crippen molar-refractivity contribution in [3.8, 4) is 0 Å². The van der Waals surface area contributed by atoms with Crippen LogP contribution in [-0.2, 0) is 19.6 Å². The molecular weight excluding hydrogens is 439 g/mol. The van der Waals surface area contributed by atoms with Gasteiger partial charge in [-0.1, -0.05) is 24.3 Å². The molecule has 1 aromatic carbocycles. The van der Waals surface area contributed by atoms with Crippen LogP contribution in [0.25, 0.3) is 0 Å². The van der Waals surface area contributed by atoms with Gasteiger partial charge >= 0.3 is 0 Å². The topological polar surface area (TPSA) is 57.5 Å². The minimum absolute atomic E-state index is 0. The summed E-state index contributed by atoms with van der Waals surface area (Å²) in [4.78, 5) is 6.84. The Hall–Kier alpha value is -1.61. The van der Waals surface area contributed by atoms with E-state index >= 15 is 0 Å². The molecule has 0 atom stereocenters. The molecule has 0 amide bonds. The summed E-state index contributed by atoms with van der Waals surface area (Å²) in [6.45, 7) is 6.35. The number of nitrogens with zero attached hydrogens (tertiary/aromatic N) is 4. The third-order valence-electron chi connectivity index (χ3n) is 3.70. The van der Waals surface area contributed by atoms with Gasteiger partial charge in [0, 0.05) is 38.6 Å². The van der Waals surface area contributed by atoms with Crippen LogP contribution in [0, 0.1) is 0 Å². The molecule has 0 spiro atoms. The maximum absolute atomic E-state index is 4.67. The molecule has 0 saturated heterocycles. The number of nitrogens with one attached hydrogen (secondary N) is 2. The zero-order valence-electron chi connectivity index (χ0n) is 16.0. The Bertz CT molecular complexity index is 622. The molecule has 0 fully saturated rings. The Labute approximate surface area is 174 Å². The van der Waals surface area contributed by atoms with Crippen molar-refractivity contribution in [3.05, 3.63) is 53.9 Å². The molecule has 1 heterocycles. The molecule has 7 heteroatoms. The SMILES string of the molecule is CCNC(=NCc1ccc(CN(C)C)cc1)NCCCn1cccn1.I. The minimum Gasteiger partial charge on any atom is -0.357 e. The summed E-state index contributed by atoms with van der Waals surface area (Å²) in [5, 5.41) is 10.9. The van der Waals surface area contributed by atoms with Crippen molar-refractivity contribution >= 4 is 29.9 Å². The Morgan fingerprint density at radius 3 is 2.50 bits per heavy atom. The molecular formula is C19H31IN6. The molecule has 0 unspecified atom stereocenters. The number of aromatic nitrogens is 2. The number of benzene rings is 1. The number of aryl methyl sites for hydroxylation is 1. The summed E-state index contributed by atoms with van der Waals surface area (Å²) in [5.41, 5.74) is 2.54. The average Bonchev–Trinajstić information content (AvgIpc) is 3.10. The first-order chi connectivity index (χ1) is 12.2. The summed E-state index contributed by atoms with van der Waals surface area (Å²) in [5.74, 6) is 0.861. The van der Waals surface area contributed by atoms with Gasteiger partial charge in [0.05, 0.1) is 6.54 Å². The van der Waals surface area contributed by atoms with Gasteiger partial charge in [-0.25, -0.2) is 4.99 Å². The van der Waals surface area contributed by atoms with E-state index in [0.29, 0.717) is 6.54 Å². The highest BCUT2D eigenvalue weighted by Crippen LogP contribution is 2.07. The van der Waals surface area contributed by atoms with Crippen molar-refractivity contribution in [2.75, 3.05) is 27.2 Å². The Balaban J connectivity index is 0.00000338. The maximum atomic E-state index is 4.67. The van der Waals surface area contributed by atoms with Gasteiger partial charge in [0.2, 0.25) is 0 Å². The van der Waals surface area contributed by atoms with E-state index in [2.05, 4.69) is 70.9 Å². The first kappa shape index (κ1) is 22.4. The van der Waals surface area contributed by atoms with Gasteiger partial charge in [0.1, 0.15) is 0 Å². The monoisotopic (exact) mass is 470 g/mol. The lowest BCUT2D eigenvalue weighted by atomic mass is 10.1. The van der Waals surface area contributed by atoms with Gasteiger partial charge in [0.15, 0.2) is 5.96 Å². The van der Waals surface area contributed by atoms with Crippen molar-refractivity contribution in [2.45, 2.75) is 33.0 Å². The van der Waals surface area contributed by atoms with E-state index in [-0.39, 0.29) is 24.0 Å². The number of hydrogen-bond donors (Lipinski definition) is 2. The predicted molar refractivity (Wildman–Crippen MR) is 119 cm³/mol. The van der Waals surface area contributed by atoms with E-state index in [1.165, 1.54) is 11.1 Å². The third kappa shape index (κ3) is 8.66. The molecule has 0 radical (unpaired) electrons. The van der Waals surface area contributed by atoms with E-state index < -0.39 is 0 Å². The highest BCUT2D eigenvalue weighted by molar-refractivity contribution is 14.0.